The van der Waals surface area contributed by atoms with Gasteiger partial charge in [-0.15, -0.1) is 28.8 Å². The monoisotopic (exact) mass is 238 g/mol. The predicted molar refractivity (Wildman–Crippen MR) is 73.5 cm³/mol. The van der Waals surface area contributed by atoms with Crippen molar-refractivity contribution in [2.75, 3.05) is 0 Å². The molecule has 1 rings (SSSR count). The first-order valence-electron chi connectivity index (χ1n) is 6.44. The van der Waals surface area contributed by atoms with E-state index in [1.807, 2.05) is 0 Å². The molecule has 0 aliphatic carbocycles. The fourth-order valence-electron chi connectivity index (χ4n) is 2.07. The number of hydrogen-bond donors (Lipinski definition) is 0. The van der Waals surface area contributed by atoms with Gasteiger partial charge in [0.05, 0.1) is 6.29 Å². The van der Waals surface area contributed by atoms with E-state index in [1.54, 1.807) is 0 Å². The minimum Gasteiger partial charge on any atom is -0.376 e. The Bertz CT molecular complexity index is 377. The first kappa shape index (κ1) is 17.5. The molecule has 2 heteroatoms. The van der Waals surface area contributed by atoms with E-state index >= 15 is 0 Å². The van der Waals surface area contributed by atoms with Crippen LogP contribution in [-0.2, 0) is 4.79 Å². The number of carbonyl (C=O) groups excluding carboxylic acids is 1. The van der Waals surface area contributed by atoms with Crippen molar-refractivity contribution >= 4 is 6.29 Å². The second kappa shape index (κ2) is 7.17. The number of rotatable bonds is 4. The van der Waals surface area contributed by atoms with E-state index in [-0.39, 0.29) is 18.9 Å². The van der Waals surface area contributed by atoms with Crippen LogP contribution in [0.1, 0.15) is 81.5 Å². The zero-order valence-corrected chi connectivity index (χ0v) is 12.8. The summed E-state index contributed by atoms with van der Waals surface area (Å²) in [5.41, 5.74) is 4.36. The Labute approximate surface area is 124 Å². The molecule has 0 aliphatic heterocycles. The summed E-state index contributed by atoms with van der Waals surface area (Å²) in [5.74, 6) is 1.22. The molecule has 0 aromatic heterocycles. The topological polar surface area (TPSA) is 17.1 Å². The molecule has 0 bridgehead atoms. The summed E-state index contributed by atoms with van der Waals surface area (Å²) in [6.07, 6.45) is 2.14. The Morgan fingerprint density at radius 1 is 0.833 bits per heavy atom. The molecule has 1 aromatic rings. The largest absolute Gasteiger partial charge is 1.00 e. The molecule has 0 aliphatic rings. The van der Waals surface area contributed by atoms with Crippen LogP contribution in [0.5, 0.6) is 0 Å². The molecule has 0 heterocycles. The van der Waals surface area contributed by atoms with Gasteiger partial charge in [-0.2, -0.15) is 0 Å². The molecular formula is C16H23LiO. The average Bonchev–Trinajstić information content (AvgIpc) is 2.26. The van der Waals surface area contributed by atoms with E-state index in [0.29, 0.717) is 17.8 Å². The van der Waals surface area contributed by atoms with Gasteiger partial charge in [-0.05, 0) is 5.92 Å². The van der Waals surface area contributed by atoms with Crippen molar-refractivity contribution in [2.45, 2.75) is 59.3 Å². The third-order valence-electron chi connectivity index (χ3n) is 3.23. The van der Waals surface area contributed by atoms with Crippen LogP contribution < -0.4 is 18.9 Å². The van der Waals surface area contributed by atoms with E-state index in [2.05, 4.69) is 60.0 Å². The molecule has 1 nitrogen and oxygen atoms in total. The maximum absolute atomic E-state index is 11.2. The van der Waals surface area contributed by atoms with Crippen molar-refractivity contribution < 1.29 is 23.7 Å². The summed E-state index contributed by atoms with van der Waals surface area (Å²) in [7, 11) is 0. The summed E-state index contributed by atoms with van der Waals surface area (Å²) >= 11 is 0. The molecule has 94 valence electrons. The Kier molecular flexibility index (Phi) is 6.96. The molecule has 0 saturated carbocycles. The smallest absolute Gasteiger partial charge is 0.376 e. The summed E-state index contributed by atoms with van der Waals surface area (Å²) in [6.45, 7) is 12.9. The minimum absolute atomic E-state index is 0. The molecule has 0 unspecified atom stereocenters. The van der Waals surface area contributed by atoms with Gasteiger partial charge in [0.15, 0.2) is 0 Å². The Balaban J connectivity index is 0.00000289. The Hall–Kier alpha value is -0.513. The van der Waals surface area contributed by atoms with E-state index in [1.165, 1.54) is 5.56 Å². The van der Waals surface area contributed by atoms with E-state index in [4.69, 9.17) is 0 Å². The Morgan fingerprint density at radius 2 is 1.22 bits per heavy atom. The van der Waals surface area contributed by atoms with Crippen LogP contribution in [-0.4, -0.2) is 6.29 Å². The van der Waals surface area contributed by atoms with Crippen molar-refractivity contribution in [1.29, 1.82) is 0 Å². The van der Waals surface area contributed by atoms with Gasteiger partial charge in [-0.3, -0.25) is 0 Å². The van der Waals surface area contributed by atoms with Gasteiger partial charge in [0.1, 0.15) is 0 Å². The van der Waals surface area contributed by atoms with Crippen LogP contribution >= 0.6 is 0 Å². The minimum atomic E-state index is 0. The van der Waals surface area contributed by atoms with E-state index in [0.717, 1.165) is 16.7 Å². The van der Waals surface area contributed by atoms with E-state index < -0.39 is 0 Å². The van der Waals surface area contributed by atoms with Crippen molar-refractivity contribution in [2.24, 2.45) is 0 Å². The summed E-state index contributed by atoms with van der Waals surface area (Å²) in [4.78, 5) is 11.2. The predicted octanol–water partition coefficient (Wildman–Crippen LogP) is 1.52. The Morgan fingerprint density at radius 3 is 1.44 bits per heavy atom. The molecule has 0 fully saturated rings. The SMILES string of the molecule is CC(C)c1cc(C(C)C)c([C-]=O)c(C(C)C)c1.[Li+]. The molecule has 0 atom stereocenters. The van der Waals surface area contributed by atoms with Crippen molar-refractivity contribution in [3.63, 3.8) is 0 Å². The first-order valence-corrected chi connectivity index (χ1v) is 6.44. The molecule has 0 N–H and O–H groups in total. The number of benzene rings is 1. The standard InChI is InChI=1S/C16H23O.Li/c1-10(2)13-7-14(11(3)4)16(9-17)15(8-13)12(5)6;/h7-8,10-12H,1-6H3;/q-1;+1. The molecular weight excluding hydrogens is 215 g/mol. The van der Waals surface area contributed by atoms with E-state index in [9.17, 15) is 4.79 Å². The molecule has 0 saturated heterocycles. The van der Waals surface area contributed by atoms with Crippen molar-refractivity contribution in [1.82, 2.24) is 0 Å². The van der Waals surface area contributed by atoms with Crippen LogP contribution in [0.25, 0.3) is 0 Å². The van der Waals surface area contributed by atoms with Gasteiger partial charge in [0.25, 0.3) is 0 Å². The fraction of sp³-hybridized carbons (Fsp3) is 0.562. The summed E-state index contributed by atoms with van der Waals surface area (Å²) in [5, 5.41) is 0. The van der Waals surface area contributed by atoms with Gasteiger partial charge in [-0.1, -0.05) is 58.9 Å². The second-order valence-corrected chi connectivity index (χ2v) is 5.64. The van der Waals surface area contributed by atoms with Crippen LogP contribution in [0.3, 0.4) is 0 Å². The maximum Gasteiger partial charge on any atom is 1.00 e. The van der Waals surface area contributed by atoms with Crippen LogP contribution in [0.15, 0.2) is 12.1 Å². The molecule has 0 amide bonds. The molecule has 0 spiro atoms. The first-order chi connectivity index (χ1) is 7.88. The normalized spacial score (nSPS) is 10.9. The zero-order valence-electron chi connectivity index (χ0n) is 12.8. The zero-order chi connectivity index (χ0) is 13.2. The fourth-order valence-corrected chi connectivity index (χ4v) is 2.07. The van der Waals surface area contributed by atoms with Gasteiger partial charge in [0, 0.05) is 0 Å². The maximum atomic E-state index is 11.2. The number of hydrogen-bond acceptors (Lipinski definition) is 1. The third kappa shape index (κ3) is 3.74. The summed E-state index contributed by atoms with van der Waals surface area (Å²) < 4.78 is 0. The average molecular weight is 238 g/mol. The quantitative estimate of drug-likeness (QED) is 0.574. The molecule has 1 aromatic carbocycles. The van der Waals surface area contributed by atoms with Crippen molar-refractivity contribution in [3.05, 3.63) is 34.4 Å². The molecule has 0 radical (unpaired) electrons. The second-order valence-electron chi connectivity index (χ2n) is 5.64. The van der Waals surface area contributed by atoms with Gasteiger partial charge in [-0.25, -0.2) is 0 Å². The van der Waals surface area contributed by atoms with Gasteiger partial charge < -0.3 is 4.79 Å². The van der Waals surface area contributed by atoms with Crippen LogP contribution in [0, 0.1) is 0 Å². The van der Waals surface area contributed by atoms with Crippen LogP contribution in [0.2, 0.25) is 0 Å². The van der Waals surface area contributed by atoms with Crippen LogP contribution in [0.4, 0.5) is 0 Å². The summed E-state index contributed by atoms with van der Waals surface area (Å²) in [6, 6.07) is 4.34. The van der Waals surface area contributed by atoms with Gasteiger partial charge >= 0.3 is 18.9 Å². The third-order valence-corrected chi connectivity index (χ3v) is 3.23. The molecule has 18 heavy (non-hydrogen) atoms. The van der Waals surface area contributed by atoms with Crippen molar-refractivity contribution in [3.8, 4) is 0 Å². The van der Waals surface area contributed by atoms with Gasteiger partial charge in [0.2, 0.25) is 0 Å².